The monoisotopic (exact) mass is 339 g/mol. The fourth-order valence-corrected chi connectivity index (χ4v) is 3.26. The molecule has 3 aromatic heterocycles. The molecule has 130 valence electrons. The third kappa shape index (κ3) is 3.22. The molecular weight excluding hydrogens is 318 g/mol. The van der Waals surface area contributed by atoms with E-state index in [9.17, 15) is 4.79 Å². The molecule has 0 radical (unpaired) electrons. The van der Waals surface area contributed by atoms with Gasteiger partial charge in [-0.2, -0.15) is 0 Å². The van der Waals surface area contributed by atoms with E-state index < -0.39 is 0 Å². The van der Waals surface area contributed by atoms with Crippen LogP contribution in [0.5, 0.6) is 0 Å². The molecule has 1 aliphatic rings. The fourth-order valence-electron chi connectivity index (χ4n) is 3.26. The number of rotatable bonds is 4. The Morgan fingerprint density at radius 2 is 2.20 bits per heavy atom. The second kappa shape index (κ2) is 6.23. The Kier molecular flexibility index (Phi) is 3.91. The number of aryl methyl sites for hydroxylation is 2. The minimum atomic E-state index is -0.182. The number of fused-ring (bicyclic) bond motifs is 1. The highest BCUT2D eigenvalue weighted by Gasteiger charge is 2.24. The first kappa shape index (κ1) is 15.7. The molecule has 1 atom stereocenters. The Bertz CT molecular complexity index is 961. The quantitative estimate of drug-likeness (QED) is 0.786. The van der Waals surface area contributed by atoms with E-state index in [2.05, 4.69) is 27.1 Å². The summed E-state index contributed by atoms with van der Waals surface area (Å²) in [6.45, 7) is 6.50. The van der Waals surface area contributed by atoms with E-state index in [0.717, 1.165) is 37.7 Å². The van der Waals surface area contributed by atoms with Crippen LogP contribution >= 0.6 is 0 Å². The molecule has 0 amide bonds. The number of nitrogens with zero attached hydrogens (tertiary/aromatic N) is 4. The lowest BCUT2D eigenvalue weighted by molar-refractivity contribution is 0.345. The predicted molar refractivity (Wildman–Crippen MR) is 96.2 cm³/mol. The van der Waals surface area contributed by atoms with Crippen molar-refractivity contribution in [2.75, 3.05) is 29.9 Å². The first-order valence-corrected chi connectivity index (χ1v) is 8.51. The predicted octanol–water partition coefficient (Wildman–Crippen LogP) is 2.24. The molecule has 0 unspecified atom stereocenters. The van der Waals surface area contributed by atoms with Crippen molar-refractivity contribution in [1.82, 2.24) is 14.5 Å². The Morgan fingerprint density at radius 1 is 1.32 bits per heavy atom. The third-order valence-corrected chi connectivity index (χ3v) is 4.55. The Hall–Kier alpha value is -2.83. The zero-order valence-electron chi connectivity index (χ0n) is 14.4. The molecule has 1 N–H and O–H groups in total. The summed E-state index contributed by atoms with van der Waals surface area (Å²) in [5.41, 5.74) is 1.57. The van der Waals surface area contributed by atoms with Crippen LogP contribution in [0.4, 0.5) is 11.6 Å². The van der Waals surface area contributed by atoms with E-state index in [-0.39, 0.29) is 5.56 Å². The highest BCUT2D eigenvalue weighted by atomic mass is 16.5. The lowest BCUT2D eigenvalue weighted by Crippen LogP contribution is -2.25. The highest BCUT2D eigenvalue weighted by Crippen LogP contribution is 2.22. The number of pyridine rings is 1. The molecule has 0 spiro atoms. The largest absolute Gasteiger partial charge is 0.375 e. The van der Waals surface area contributed by atoms with Gasteiger partial charge in [0.05, 0.1) is 0 Å². The third-order valence-electron chi connectivity index (χ3n) is 4.55. The van der Waals surface area contributed by atoms with Crippen molar-refractivity contribution >= 4 is 17.3 Å². The molecule has 1 fully saturated rings. The van der Waals surface area contributed by atoms with Crippen molar-refractivity contribution in [2.24, 2.45) is 5.92 Å². The smallest absolute Gasteiger partial charge is 0.289 e. The number of nitrogens with one attached hydrogen (secondary N) is 1. The Balaban J connectivity index is 1.44. The van der Waals surface area contributed by atoms with Crippen LogP contribution in [0, 0.1) is 19.8 Å². The maximum Gasteiger partial charge on any atom is 0.289 e. The van der Waals surface area contributed by atoms with Gasteiger partial charge in [-0.05, 0) is 43.9 Å². The van der Waals surface area contributed by atoms with Crippen molar-refractivity contribution in [2.45, 2.75) is 20.3 Å². The van der Waals surface area contributed by atoms with Gasteiger partial charge in [-0.1, -0.05) is 0 Å². The summed E-state index contributed by atoms with van der Waals surface area (Å²) in [5, 5.41) is 3.40. The molecule has 0 aliphatic carbocycles. The average molecular weight is 339 g/mol. The molecule has 7 heteroatoms. The first-order valence-electron chi connectivity index (χ1n) is 8.51. The van der Waals surface area contributed by atoms with Gasteiger partial charge in [0.25, 0.3) is 5.56 Å². The van der Waals surface area contributed by atoms with E-state index in [1.54, 1.807) is 12.1 Å². The standard InChI is InChI=1S/C18H21N5O2/c1-12-3-5-19-15(7-12)20-10-14-4-6-22(11-14)16-9-18(24)23-17(21-16)8-13(2)25-23/h3,5,7-9,14H,4,6,10-11H2,1-2H3,(H,19,20)/t14-/m1/s1. The van der Waals surface area contributed by atoms with E-state index in [4.69, 9.17) is 4.52 Å². The summed E-state index contributed by atoms with van der Waals surface area (Å²) in [6.07, 6.45) is 2.88. The lowest BCUT2D eigenvalue weighted by Gasteiger charge is -2.17. The van der Waals surface area contributed by atoms with Gasteiger partial charge in [0.1, 0.15) is 17.4 Å². The first-order chi connectivity index (χ1) is 12.1. The molecule has 4 heterocycles. The number of anilines is 2. The van der Waals surface area contributed by atoms with Gasteiger partial charge in [-0.25, -0.2) is 9.97 Å². The van der Waals surface area contributed by atoms with Gasteiger partial charge in [0, 0.05) is 38.0 Å². The van der Waals surface area contributed by atoms with Crippen molar-refractivity contribution in [3.63, 3.8) is 0 Å². The SMILES string of the molecule is Cc1ccnc(NC[C@H]2CCN(c3cc(=O)n4oc(C)cc4n3)C2)c1. The topological polar surface area (TPSA) is 75.7 Å². The van der Waals surface area contributed by atoms with Gasteiger partial charge < -0.3 is 14.7 Å². The number of hydrogen-bond acceptors (Lipinski definition) is 6. The second-order valence-corrected chi connectivity index (χ2v) is 6.65. The van der Waals surface area contributed by atoms with Crippen LogP contribution < -0.4 is 15.8 Å². The van der Waals surface area contributed by atoms with Crippen molar-refractivity contribution in [3.05, 3.63) is 52.1 Å². The summed E-state index contributed by atoms with van der Waals surface area (Å²) in [7, 11) is 0. The van der Waals surface area contributed by atoms with Crippen molar-refractivity contribution in [1.29, 1.82) is 0 Å². The van der Waals surface area contributed by atoms with Crippen molar-refractivity contribution in [3.8, 4) is 0 Å². The molecule has 3 aromatic rings. The minimum absolute atomic E-state index is 0.182. The van der Waals surface area contributed by atoms with Crippen LogP contribution in [-0.4, -0.2) is 34.2 Å². The lowest BCUT2D eigenvalue weighted by atomic mass is 10.1. The fraction of sp³-hybridized carbons (Fsp3) is 0.389. The van der Waals surface area contributed by atoms with Crippen LogP contribution in [0.2, 0.25) is 0 Å². The molecule has 0 saturated carbocycles. The van der Waals surface area contributed by atoms with Crippen LogP contribution in [0.25, 0.3) is 5.65 Å². The average Bonchev–Trinajstić information content (AvgIpc) is 3.19. The van der Waals surface area contributed by atoms with Crippen LogP contribution in [-0.2, 0) is 0 Å². The summed E-state index contributed by atoms with van der Waals surface area (Å²) in [4.78, 5) is 23.2. The van der Waals surface area contributed by atoms with Gasteiger partial charge in [-0.15, -0.1) is 4.57 Å². The molecule has 7 nitrogen and oxygen atoms in total. The zero-order chi connectivity index (χ0) is 17.4. The van der Waals surface area contributed by atoms with E-state index in [1.807, 2.05) is 25.3 Å². The molecule has 0 aromatic carbocycles. The minimum Gasteiger partial charge on any atom is -0.375 e. The van der Waals surface area contributed by atoms with Crippen molar-refractivity contribution < 1.29 is 4.52 Å². The maximum atomic E-state index is 12.2. The maximum absolute atomic E-state index is 12.2. The highest BCUT2D eigenvalue weighted by molar-refractivity contribution is 5.48. The van der Waals surface area contributed by atoms with Crippen LogP contribution in [0.3, 0.4) is 0 Å². The number of aromatic nitrogens is 3. The van der Waals surface area contributed by atoms with Gasteiger partial charge >= 0.3 is 0 Å². The van der Waals surface area contributed by atoms with Crippen LogP contribution in [0.1, 0.15) is 17.7 Å². The van der Waals surface area contributed by atoms with Gasteiger partial charge in [0.2, 0.25) is 0 Å². The molecule has 25 heavy (non-hydrogen) atoms. The molecule has 1 aliphatic heterocycles. The normalized spacial score (nSPS) is 17.4. The summed E-state index contributed by atoms with van der Waals surface area (Å²) in [5.74, 6) is 2.80. The summed E-state index contributed by atoms with van der Waals surface area (Å²) < 4.78 is 6.57. The molecular formula is C18H21N5O2. The summed E-state index contributed by atoms with van der Waals surface area (Å²) >= 11 is 0. The summed E-state index contributed by atoms with van der Waals surface area (Å²) in [6, 6.07) is 7.36. The Morgan fingerprint density at radius 3 is 3.04 bits per heavy atom. The molecule has 1 saturated heterocycles. The van der Waals surface area contributed by atoms with Gasteiger partial charge in [-0.3, -0.25) is 4.79 Å². The molecule has 0 bridgehead atoms. The van der Waals surface area contributed by atoms with Gasteiger partial charge in [0.15, 0.2) is 5.65 Å². The van der Waals surface area contributed by atoms with Crippen LogP contribution in [0.15, 0.2) is 39.8 Å². The van der Waals surface area contributed by atoms with E-state index in [0.29, 0.717) is 17.3 Å². The Labute approximate surface area is 145 Å². The number of hydrogen-bond donors (Lipinski definition) is 1. The molecule has 4 rings (SSSR count). The van der Waals surface area contributed by atoms with E-state index >= 15 is 0 Å². The zero-order valence-corrected chi connectivity index (χ0v) is 14.4. The van der Waals surface area contributed by atoms with E-state index in [1.165, 1.54) is 10.1 Å². The second-order valence-electron chi connectivity index (χ2n) is 6.65.